The van der Waals surface area contributed by atoms with Crippen LogP contribution < -0.4 is 15.4 Å². The highest BCUT2D eigenvalue weighted by atomic mass is 32.2. The predicted octanol–water partition coefficient (Wildman–Crippen LogP) is 2.98. The third-order valence-electron chi connectivity index (χ3n) is 4.93. The largest absolute Gasteiger partial charge is 0.493 e. The van der Waals surface area contributed by atoms with E-state index in [1.54, 1.807) is 0 Å². The smallest absolute Gasteiger partial charge is 0.191 e. The van der Waals surface area contributed by atoms with Crippen LogP contribution in [0, 0.1) is 0 Å². The highest BCUT2D eigenvalue weighted by Crippen LogP contribution is 2.35. The first-order valence-corrected chi connectivity index (χ1v) is 10.2. The minimum atomic E-state index is 0.237. The average molecular weight is 364 g/mol. The van der Waals surface area contributed by atoms with E-state index in [0.29, 0.717) is 0 Å². The maximum Gasteiger partial charge on any atom is 0.191 e. The first kappa shape index (κ1) is 18.4. The number of thioether (sulfide) groups is 1. The number of ether oxygens (including phenoxy) is 2. The number of nitrogens with one attached hydrogen (secondary N) is 2. The molecule has 3 rings (SSSR count). The summed E-state index contributed by atoms with van der Waals surface area (Å²) >= 11 is 2.04. The fourth-order valence-corrected chi connectivity index (χ4v) is 4.76. The van der Waals surface area contributed by atoms with Crippen LogP contribution in [0.15, 0.2) is 29.3 Å². The van der Waals surface area contributed by atoms with Gasteiger partial charge in [-0.3, -0.25) is 4.99 Å². The molecule has 1 aromatic carbocycles. The number of benzene rings is 1. The molecule has 0 radical (unpaired) electrons. The molecule has 1 saturated heterocycles. The van der Waals surface area contributed by atoms with Crippen molar-refractivity contribution in [3.8, 4) is 5.75 Å². The zero-order valence-corrected chi connectivity index (χ0v) is 16.0. The molecular weight excluding hydrogens is 334 g/mol. The molecule has 1 atom stereocenters. The highest BCUT2D eigenvalue weighted by molar-refractivity contribution is 8.00. The summed E-state index contributed by atoms with van der Waals surface area (Å²) in [5, 5.41) is 7.14. The third-order valence-corrected chi connectivity index (χ3v) is 6.38. The van der Waals surface area contributed by atoms with Crippen LogP contribution in [0.2, 0.25) is 0 Å². The highest BCUT2D eigenvalue weighted by Gasteiger charge is 2.33. The standard InChI is InChI=1S/C19H29N3O2S/c1-3-25-19(9-12-23-13-10-19)14-21-18(20-2)22-16-8-11-24-17-7-5-4-6-15(16)17/h4-7,16H,3,8-14H2,1-2H3,(H2,20,21,22). The van der Waals surface area contributed by atoms with Gasteiger partial charge in [-0.25, -0.2) is 0 Å². The van der Waals surface area contributed by atoms with Gasteiger partial charge in [0.1, 0.15) is 5.75 Å². The molecular formula is C19H29N3O2S. The maximum absolute atomic E-state index is 5.75. The van der Waals surface area contributed by atoms with Gasteiger partial charge in [0.25, 0.3) is 0 Å². The van der Waals surface area contributed by atoms with Gasteiger partial charge in [-0.1, -0.05) is 25.1 Å². The Bertz CT molecular complexity index is 582. The molecule has 2 heterocycles. The topological polar surface area (TPSA) is 54.9 Å². The lowest BCUT2D eigenvalue weighted by molar-refractivity contribution is 0.0782. The summed E-state index contributed by atoms with van der Waals surface area (Å²) in [6, 6.07) is 8.49. The number of para-hydroxylation sites is 1. The molecule has 5 nitrogen and oxygen atoms in total. The van der Waals surface area contributed by atoms with E-state index >= 15 is 0 Å². The van der Waals surface area contributed by atoms with Gasteiger partial charge in [-0.05, 0) is 24.7 Å². The molecule has 2 aliphatic heterocycles. The fourth-order valence-electron chi connectivity index (χ4n) is 3.52. The SMILES string of the molecule is CCSC1(CNC(=NC)NC2CCOc3ccccc32)CCOCC1. The van der Waals surface area contributed by atoms with E-state index in [0.717, 1.165) is 63.1 Å². The second-order valence-electron chi connectivity index (χ2n) is 6.53. The maximum atomic E-state index is 5.75. The summed E-state index contributed by atoms with van der Waals surface area (Å²) < 4.78 is 11.6. The van der Waals surface area contributed by atoms with E-state index in [1.807, 2.05) is 30.9 Å². The number of aliphatic imine (C=N–C) groups is 1. The normalized spacial score (nSPS) is 22.6. The van der Waals surface area contributed by atoms with Crippen LogP contribution in [0.5, 0.6) is 5.75 Å². The van der Waals surface area contributed by atoms with Crippen LogP contribution in [0.1, 0.15) is 37.8 Å². The van der Waals surface area contributed by atoms with E-state index < -0.39 is 0 Å². The second kappa shape index (κ2) is 8.81. The summed E-state index contributed by atoms with van der Waals surface area (Å²) in [6.07, 6.45) is 3.13. The molecule has 1 unspecified atom stereocenters. The Hall–Kier alpha value is -1.40. The first-order valence-electron chi connectivity index (χ1n) is 9.17. The Morgan fingerprint density at radius 1 is 1.28 bits per heavy atom. The van der Waals surface area contributed by atoms with Crippen LogP contribution >= 0.6 is 11.8 Å². The number of rotatable bonds is 5. The van der Waals surface area contributed by atoms with E-state index in [2.05, 4.69) is 34.7 Å². The summed E-state index contributed by atoms with van der Waals surface area (Å²) in [6.45, 7) is 5.59. The average Bonchev–Trinajstić information content (AvgIpc) is 2.66. The molecule has 2 N–H and O–H groups in total. The van der Waals surface area contributed by atoms with Crippen molar-refractivity contribution < 1.29 is 9.47 Å². The molecule has 0 bridgehead atoms. The van der Waals surface area contributed by atoms with Crippen molar-refractivity contribution in [1.82, 2.24) is 10.6 Å². The number of hydrogen-bond donors (Lipinski definition) is 2. The molecule has 1 fully saturated rings. The summed E-state index contributed by atoms with van der Waals surface area (Å²) in [4.78, 5) is 4.44. The van der Waals surface area contributed by atoms with Crippen molar-refractivity contribution in [3.05, 3.63) is 29.8 Å². The fraction of sp³-hybridized carbons (Fsp3) is 0.632. The lowest BCUT2D eigenvalue weighted by Gasteiger charge is -2.37. The monoisotopic (exact) mass is 363 g/mol. The molecule has 0 aromatic heterocycles. The zero-order valence-electron chi connectivity index (χ0n) is 15.2. The van der Waals surface area contributed by atoms with E-state index in [4.69, 9.17) is 9.47 Å². The summed E-state index contributed by atoms with van der Waals surface area (Å²) in [5.41, 5.74) is 1.21. The van der Waals surface area contributed by atoms with Gasteiger partial charge in [0.15, 0.2) is 5.96 Å². The molecule has 138 valence electrons. The summed E-state index contributed by atoms with van der Waals surface area (Å²) in [5.74, 6) is 2.97. The Kier molecular flexibility index (Phi) is 6.48. The zero-order chi connectivity index (χ0) is 17.5. The molecule has 2 aliphatic rings. The van der Waals surface area contributed by atoms with E-state index in [9.17, 15) is 0 Å². The van der Waals surface area contributed by atoms with Gasteiger partial charge in [0.2, 0.25) is 0 Å². The van der Waals surface area contributed by atoms with Gasteiger partial charge >= 0.3 is 0 Å². The van der Waals surface area contributed by atoms with Gasteiger partial charge in [-0.2, -0.15) is 11.8 Å². The number of guanidine groups is 1. The van der Waals surface area contributed by atoms with Crippen molar-refractivity contribution >= 4 is 17.7 Å². The van der Waals surface area contributed by atoms with Crippen LogP contribution in [0.3, 0.4) is 0 Å². The number of nitrogens with zero attached hydrogens (tertiary/aromatic N) is 1. The number of hydrogen-bond acceptors (Lipinski definition) is 4. The van der Waals surface area contributed by atoms with Crippen molar-refractivity contribution in [2.75, 3.05) is 39.2 Å². The molecule has 6 heteroatoms. The van der Waals surface area contributed by atoms with Crippen LogP contribution in [0.4, 0.5) is 0 Å². The van der Waals surface area contributed by atoms with Gasteiger partial charge < -0.3 is 20.1 Å². The molecule has 1 aromatic rings. The minimum Gasteiger partial charge on any atom is -0.493 e. The van der Waals surface area contributed by atoms with E-state index in [1.165, 1.54) is 5.56 Å². The van der Waals surface area contributed by atoms with E-state index in [-0.39, 0.29) is 10.8 Å². The molecule has 25 heavy (non-hydrogen) atoms. The molecule has 0 saturated carbocycles. The van der Waals surface area contributed by atoms with Gasteiger partial charge in [0.05, 0.1) is 12.6 Å². The lowest BCUT2D eigenvalue weighted by Crippen LogP contribution is -2.49. The van der Waals surface area contributed by atoms with Crippen LogP contribution in [-0.2, 0) is 4.74 Å². The summed E-state index contributed by atoms with van der Waals surface area (Å²) in [7, 11) is 1.84. The number of fused-ring (bicyclic) bond motifs is 1. The van der Waals surface area contributed by atoms with Crippen molar-refractivity contribution in [3.63, 3.8) is 0 Å². The van der Waals surface area contributed by atoms with Crippen LogP contribution in [-0.4, -0.2) is 49.9 Å². The van der Waals surface area contributed by atoms with Crippen molar-refractivity contribution in [1.29, 1.82) is 0 Å². The molecule has 0 spiro atoms. The van der Waals surface area contributed by atoms with Crippen molar-refractivity contribution in [2.45, 2.75) is 37.0 Å². The van der Waals surface area contributed by atoms with Crippen LogP contribution in [0.25, 0.3) is 0 Å². The lowest BCUT2D eigenvalue weighted by atomic mass is 9.99. The minimum absolute atomic E-state index is 0.237. The Balaban J connectivity index is 1.62. The van der Waals surface area contributed by atoms with Gasteiger partial charge in [-0.15, -0.1) is 0 Å². The molecule has 0 aliphatic carbocycles. The Morgan fingerprint density at radius 3 is 2.84 bits per heavy atom. The predicted molar refractivity (Wildman–Crippen MR) is 105 cm³/mol. The van der Waals surface area contributed by atoms with Crippen molar-refractivity contribution in [2.24, 2.45) is 4.99 Å². The Labute approximate surface area is 155 Å². The molecule has 0 amide bonds. The third kappa shape index (κ3) is 4.61. The quantitative estimate of drug-likeness (QED) is 0.622. The van der Waals surface area contributed by atoms with Gasteiger partial charge in [0, 0.05) is 43.5 Å². The first-order chi connectivity index (χ1) is 12.3. The Morgan fingerprint density at radius 2 is 2.08 bits per heavy atom. The second-order valence-corrected chi connectivity index (χ2v) is 8.26.